The predicted octanol–water partition coefficient (Wildman–Crippen LogP) is 1.17. The summed E-state index contributed by atoms with van der Waals surface area (Å²) in [5.41, 5.74) is 6.49. The predicted molar refractivity (Wildman–Crippen MR) is 98.4 cm³/mol. The van der Waals surface area contributed by atoms with Crippen LogP contribution in [0.1, 0.15) is 5.56 Å². The average Bonchev–Trinajstić information content (AvgIpc) is 2.59. The fourth-order valence-electron chi connectivity index (χ4n) is 2.35. The number of rotatable bonds is 7. The molecule has 2 aromatic carbocycles. The first-order valence-corrected chi connectivity index (χ1v) is 9.19. The highest BCUT2D eigenvalue weighted by molar-refractivity contribution is 7.89. The van der Waals surface area contributed by atoms with E-state index in [1.807, 2.05) is 30.3 Å². The van der Waals surface area contributed by atoms with E-state index in [9.17, 15) is 18.0 Å². The smallest absolute Gasteiger partial charge is 0.244 e. The van der Waals surface area contributed by atoms with Crippen LogP contribution < -0.4 is 16.2 Å². The maximum Gasteiger partial charge on any atom is 0.244 e. The van der Waals surface area contributed by atoms with Crippen molar-refractivity contribution in [3.8, 4) is 0 Å². The van der Waals surface area contributed by atoms with Gasteiger partial charge >= 0.3 is 0 Å². The Hall–Kier alpha value is -2.97. The molecule has 7 nitrogen and oxygen atoms in total. The Balaban J connectivity index is 2.20. The van der Waals surface area contributed by atoms with Crippen LogP contribution in [0.25, 0.3) is 0 Å². The van der Waals surface area contributed by atoms with Crippen LogP contribution in [0.4, 0.5) is 5.69 Å². The van der Waals surface area contributed by atoms with Crippen molar-refractivity contribution >= 4 is 27.5 Å². The normalized spacial score (nSPS) is 12.2. The molecule has 2 rings (SSSR count). The van der Waals surface area contributed by atoms with Crippen molar-refractivity contribution in [2.75, 3.05) is 5.32 Å². The maximum absolute atomic E-state index is 12.6. The molecule has 0 radical (unpaired) electrons. The fraction of sp³-hybridized carbons (Fsp3) is 0.111. The van der Waals surface area contributed by atoms with Gasteiger partial charge in [0, 0.05) is 11.3 Å². The lowest BCUT2D eigenvalue weighted by Crippen LogP contribution is -2.31. The molecule has 0 aliphatic carbocycles. The number of carbonyl (C=O) groups excluding carboxylic acids is 2. The monoisotopic (exact) mass is 373 g/mol. The topological polar surface area (TPSA) is 132 Å². The van der Waals surface area contributed by atoms with Crippen molar-refractivity contribution < 1.29 is 18.0 Å². The molecule has 8 heteroatoms. The minimum absolute atomic E-state index is 0.00694. The second-order valence-electron chi connectivity index (χ2n) is 5.69. The zero-order chi connectivity index (χ0) is 19.3. The molecule has 0 spiro atoms. The third-order valence-electron chi connectivity index (χ3n) is 3.79. The summed E-state index contributed by atoms with van der Waals surface area (Å²) < 4.78 is 22.5. The minimum Gasteiger partial charge on any atom is -0.366 e. The van der Waals surface area contributed by atoms with E-state index < -0.39 is 27.8 Å². The van der Waals surface area contributed by atoms with Gasteiger partial charge in [0.2, 0.25) is 21.8 Å². The number of anilines is 1. The SMILES string of the molecule is C=C(C(N)=O)[C@H](Cc1ccccc1)C(=O)Nc1ccc(S(N)(=O)=O)cc1. The summed E-state index contributed by atoms with van der Waals surface area (Å²) in [5, 5.41) is 7.67. The quantitative estimate of drug-likeness (QED) is 0.628. The van der Waals surface area contributed by atoms with Crippen LogP contribution in [0.15, 0.2) is 71.6 Å². The Kier molecular flexibility index (Phi) is 5.91. The highest BCUT2D eigenvalue weighted by Gasteiger charge is 2.25. The highest BCUT2D eigenvalue weighted by atomic mass is 32.2. The standard InChI is InChI=1S/C18H19N3O4S/c1-12(17(19)22)16(11-13-5-3-2-4-6-13)18(23)21-14-7-9-15(10-8-14)26(20,24)25/h2-10,16H,1,11H2,(H2,19,22)(H,21,23)(H2,20,24,25)/t16-/m0/s1. The van der Waals surface area contributed by atoms with Crippen LogP contribution in [0, 0.1) is 5.92 Å². The molecule has 0 saturated carbocycles. The second-order valence-corrected chi connectivity index (χ2v) is 7.25. The molecule has 136 valence electrons. The van der Waals surface area contributed by atoms with E-state index in [0.717, 1.165) is 5.56 Å². The minimum atomic E-state index is -3.82. The number of primary amides is 1. The number of nitrogens with two attached hydrogens (primary N) is 2. The Morgan fingerprint density at radius 3 is 2.12 bits per heavy atom. The van der Waals surface area contributed by atoms with Gasteiger partial charge < -0.3 is 11.1 Å². The molecule has 26 heavy (non-hydrogen) atoms. The first-order chi connectivity index (χ1) is 12.2. The largest absolute Gasteiger partial charge is 0.366 e. The molecular weight excluding hydrogens is 354 g/mol. The number of amides is 2. The van der Waals surface area contributed by atoms with Crippen LogP contribution in [-0.2, 0) is 26.0 Å². The summed E-state index contributed by atoms with van der Waals surface area (Å²) in [4.78, 5) is 24.1. The van der Waals surface area contributed by atoms with Gasteiger partial charge in [-0.1, -0.05) is 36.9 Å². The van der Waals surface area contributed by atoms with Crippen molar-refractivity contribution in [3.05, 3.63) is 72.3 Å². The zero-order valence-electron chi connectivity index (χ0n) is 13.9. The second kappa shape index (κ2) is 7.94. The molecule has 1 atom stereocenters. The lowest BCUT2D eigenvalue weighted by molar-refractivity contribution is -0.122. The molecule has 0 aliphatic heterocycles. The Labute approximate surface area is 151 Å². The lowest BCUT2D eigenvalue weighted by Gasteiger charge is -2.18. The Bertz CT molecular complexity index is 923. The van der Waals surface area contributed by atoms with Gasteiger partial charge in [-0.15, -0.1) is 0 Å². The number of benzene rings is 2. The number of nitrogens with one attached hydrogen (secondary N) is 1. The summed E-state index contributed by atoms with van der Waals surface area (Å²) in [5.74, 6) is -2.08. The average molecular weight is 373 g/mol. The van der Waals surface area contributed by atoms with Gasteiger partial charge in [-0.05, 0) is 36.2 Å². The summed E-state index contributed by atoms with van der Waals surface area (Å²) in [6, 6.07) is 14.5. The maximum atomic E-state index is 12.6. The van der Waals surface area contributed by atoms with Gasteiger partial charge in [0.1, 0.15) is 0 Å². The van der Waals surface area contributed by atoms with Gasteiger partial charge in [0.15, 0.2) is 0 Å². The summed E-state index contributed by atoms with van der Waals surface area (Å²) >= 11 is 0. The summed E-state index contributed by atoms with van der Waals surface area (Å²) in [6.45, 7) is 3.63. The zero-order valence-corrected chi connectivity index (χ0v) is 14.7. The van der Waals surface area contributed by atoms with Crippen molar-refractivity contribution in [3.63, 3.8) is 0 Å². The molecule has 0 aliphatic rings. The molecule has 0 heterocycles. The van der Waals surface area contributed by atoms with Gasteiger partial charge in [-0.3, -0.25) is 9.59 Å². The van der Waals surface area contributed by atoms with E-state index in [1.54, 1.807) is 0 Å². The Morgan fingerprint density at radius 1 is 1.04 bits per heavy atom. The number of hydrogen-bond acceptors (Lipinski definition) is 4. The van der Waals surface area contributed by atoms with Crippen LogP contribution in [0.2, 0.25) is 0 Å². The molecular formula is C18H19N3O4S. The molecule has 0 saturated heterocycles. The van der Waals surface area contributed by atoms with Gasteiger partial charge in [0.25, 0.3) is 0 Å². The molecule has 0 fully saturated rings. The molecule has 0 aromatic heterocycles. The first kappa shape index (κ1) is 19.4. The number of primary sulfonamides is 1. The van der Waals surface area contributed by atoms with Gasteiger partial charge in [-0.25, -0.2) is 13.6 Å². The summed E-state index contributed by atoms with van der Waals surface area (Å²) in [6.07, 6.45) is 0.254. The number of sulfonamides is 1. The van der Waals surface area contributed by atoms with E-state index in [4.69, 9.17) is 10.9 Å². The first-order valence-electron chi connectivity index (χ1n) is 7.64. The van der Waals surface area contributed by atoms with E-state index in [2.05, 4.69) is 11.9 Å². The van der Waals surface area contributed by atoms with E-state index in [-0.39, 0.29) is 16.9 Å². The van der Waals surface area contributed by atoms with E-state index in [0.29, 0.717) is 5.69 Å². The highest BCUT2D eigenvalue weighted by Crippen LogP contribution is 2.20. The van der Waals surface area contributed by atoms with Crippen molar-refractivity contribution in [2.24, 2.45) is 16.8 Å². The van der Waals surface area contributed by atoms with Crippen LogP contribution in [-0.4, -0.2) is 20.2 Å². The van der Waals surface area contributed by atoms with Crippen molar-refractivity contribution in [1.82, 2.24) is 0 Å². The van der Waals surface area contributed by atoms with Crippen molar-refractivity contribution in [2.45, 2.75) is 11.3 Å². The molecule has 5 N–H and O–H groups in total. The molecule has 2 aromatic rings. The lowest BCUT2D eigenvalue weighted by atomic mass is 9.91. The van der Waals surface area contributed by atoms with Crippen molar-refractivity contribution in [1.29, 1.82) is 0 Å². The van der Waals surface area contributed by atoms with E-state index >= 15 is 0 Å². The third-order valence-corrected chi connectivity index (χ3v) is 4.72. The number of carbonyl (C=O) groups is 2. The van der Waals surface area contributed by atoms with Gasteiger partial charge in [-0.2, -0.15) is 0 Å². The van der Waals surface area contributed by atoms with Crippen LogP contribution >= 0.6 is 0 Å². The van der Waals surface area contributed by atoms with Gasteiger partial charge in [0.05, 0.1) is 10.8 Å². The van der Waals surface area contributed by atoms with Crippen LogP contribution in [0.5, 0.6) is 0 Å². The molecule has 2 amide bonds. The Morgan fingerprint density at radius 2 is 1.62 bits per heavy atom. The molecule has 0 unspecified atom stereocenters. The molecule has 0 bridgehead atoms. The fourth-order valence-corrected chi connectivity index (χ4v) is 2.87. The number of hydrogen-bond donors (Lipinski definition) is 3. The van der Waals surface area contributed by atoms with Crippen LogP contribution in [0.3, 0.4) is 0 Å². The summed E-state index contributed by atoms with van der Waals surface area (Å²) in [7, 11) is -3.82. The third kappa shape index (κ3) is 5.01. The van der Waals surface area contributed by atoms with E-state index in [1.165, 1.54) is 24.3 Å².